The van der Waals surface area contributed by atoms with Crippen molar-refractivity contribution >= 4 is 28.7 Å². The number of rotatable bonds is 5. The van der Waals surface area contributed by atoms with Crippen LogP contribution in [0.4, 0.5) is 4.79 Å². The van der Waals surface area contributed by atoms with Crippen LogP contribution in [0.15, 0.2) is 36.5 Å². The molecule has 1 aromatic carbocycles. The summed E-state index contributed by atoms with van der Waals surface area (Å²) in [5.74, 6) is -0.476. The van der Waals surface area contributed by atoms with E-state index in [-0.39, 0.29) is 24.3 Å². The summed E-state index contributed by atoms with van der Waals surface area (Å²) in [4.78, 5) is 40.3. The Labute approximate surface area is 146 Å². The summed E-state index contributed by atoms with van der Waals surface area (Å²) in [5.41, 5.74) is 1.13. The van der Waals surface area contributed by atoms with Gasteiger partial charge in [-0.1, -0.05) is 18.2 Å². The molecule has 0 spiro atoms. The zero-order chi connectivity index (χ0) is 18.1. The third kappa shape index (κ3) is 3.09. The Balaban J connectivity index is 1.60. The first-order valence-corrected chi connectivity index (χ1v) is 8.22. The van der Waals surface area contributed by atoms with E-state index in [1.807, 2.05) is 30.5 Å². The summed E-state index contributed by atoms with van der Waals surface area (Å²) in [6.07, 6.45) is 2.01. The zero-order valence-corrected chi connectivity index (χ0v) is 14.7. The molecule has 3 rings (SSSR count). The van der Waals surface area contributed by atoms with Gasteiger partial charge in [0.15, 0.2) is 0 Å². The second-order valence-corrected chi connectivity index (χ2v) is 6.39. The lowest BCUT2D eigenvalue weighted by Crippen LogP contribution is -2.39. The highest BCUT2D eigenvalue weighted by Crippen LogP contribution is 2.18. The second-order valence-electron chi connectivity index (χ2n) is 6.39. The number of fused-ring (bicyclic) bond motifs is 1. The number of para-hydroxylation sites is 1. The molecule has 1 aliphatic heterocycles. The molecule has 1 fully saturated rings. The maximum absolute atomic E-state index is 12.4. The van der Waals surface area contributed by atoms with E-state index in [0.29, 0.717) is 13.1 Å². The number of imide groups is 1. The number of likely N-dealkylation sites (N-methyl/N-ethyl adjacent to an activating group) is 3. The Morgan fingerprint density at radius 3 is 2.56 bits per heavy atom. The molecule has 0 aliphatic carbocycles. The summed E-state index contributed by atoms with van der Waals surface area (Å²) in [7, 11) is 4.71. The summed E-state index contributed by atoms with van der Waals surface area (Å²) in [5, 5.41) is 1.16. The summed E-state index contributed by atoms with van der Waals surface area (Å²) < 4.78 is 2.10. The lowest BCUT2D eigenvalue weighted by atomic mass is 10.1. The van der Waals surface area contributed by atoms with Crippen molar-refractivity contribution in [1.82, 2.24) is 19.3 Å². The van der Waals surface area contributed by atoms with Crippen LogP contribution < -0.4 is 0 Å². The van der Waals surface area contributed by atoms with E-state index in [4.69, 9.17) is 0 Å². The molecule has 1 unspecified atom stereocenters. The van der Waals surface area contributed by atoms with E-state index < -0.39 is 6.04 Å². The molecule has 1 atom stereocenters. The van der Waals surface area contributed by atoms with Gasteiger partial charge in [0, 0.05) is 45.9 Å². The quantitative estimate of drug-likeness (QED) is 0.771. The smallest absolute Gasteiger partial charge is 0.326 e. The summed E-state index contributed by atoms with van der Waals surface area (Å²) in [6.45, 7) is 1.20. The highest BCUT2D eigenvalue weighted by Gasteiger charge is 2.42. The lowest BCUT2D eigenvalue weighted by Gasteiger charge is -2.21. The first-order valence-electron chi connectivity index (χ1n) is 8.22. The van der Waals surface area contributed by atoms with Gasteiger partial charge in [-0.2, -0.15) is 0 Å². The highest BCUT2D eigenvalue weighted by atomic mass is 16.2. The standard InChI is InChI=1S/C18H22N4O3/c1-19(10-11-22-9-8-13-6-4-5-7-14(13)22)16(23)12-15-17(24)21(3)18(25)20(15)2/h4-9,15H,10-12H2,1-3H3. The fraction of sp³-hybridized carbons (Fsp3) is 0.389. The van der Waals surface area contributed by atoms with Crippen molar-refractivity contribution in [2.24, 2.45) is 0 Å². The molecule has 7 heteroatoms. The van der Waals surface area contributed by atoms with Crippen LogP contribution in [0.5, 0.6) is 0 Å². The Hall–Kier alpha value is -2.83. The van der Waals surface area contributed by atoms with Gasteiger partial charge < -0.3 is 14.4 Å². The van der Waals surface area contributed by atoms with Gasteiger partial charge in [-0.15, -0.1) is 0 Å². The zero-order valence-electron chi connectivity index (χ0n) is 14.7. The van der Waals surface area contributed by atoms with Crippen molar-refractivity contribution in [2.75, 3.05) is 27.7 Å². The predicted molar refractivity (Wildman–Crippen MR) is 93.9 cm³/mol. The van der Waals surface area contributed by atoms with Gasteiger partial charge in [0.2, 0.25) is 5.91 Å². The molecule has 1 saturated heterocycles. The van der Waals surface area contributed by atoms with Gasteiger partial charge in [-0.3, -0.25) is 14.5 Å². The molecule has 0 bridgehead atoms. The normalized spacial score (nSPS) is 17.6. The number of carbonyl (C=O) groups excluding carboxylic acids is 3. The minimum absolute atomic E-state index is 0.00827. The monoisotopic (exact) mass is 342 g/mol. The third-order valence-electron chi connectivity index (χ3n) is 4.82. The van der Waals surface area contributed by atoms with Gasteiger partial charge in [-0.25, -0.2) is 4.79 Å². The van der Waals surface area contributed by atoms with Crippen molar-refractivity contribution < 1.29 is 14.4 Å². The average Bonchev–Trinajstić information content (AvgIpc) is 3.11. The van der Waals surface area contributed by atoms with Crippen LogP contribution in [-0.2, 0) is 16.1 Å². The number of benzene rings is 1. The number of hydrogen-bond acceptors (Lipinski definition) is 3. The number of nitrogens with zero attached hydrogens (tertiary/aromatic N) is 4. The maximum atomic E-state index is 12.4. The van der Waals surface area contributed by atoms with Crippen LogP contribution in [0.3, 0.4) is 0 Å². The van der Waals surface area contributed by atoms with Crippen molar-refractivity contribution in [3.63, 3.8) is 0 Å². The Morgan fingerprint density at radius 1 is 1.16 bits per heavy atom. The summed E-state index contributed by atoms with van der Waals surface area (Å²) in [6, 6.07) is 9.05. The van der Waals surface area contributed by atoms with Gasteiger partial charge in [0.05, 0.1) is 6.42 Å². The number of aromatic nitrogens is 1. The Bertz CT molecular complexity index is 829. The van der Waals surface area contributed by atoms with Gasteiger partial charge in [-0.05, 0) is 17.5 Å². The Morgan fingerprint density at radius 2 is 1.88 bits per heavy atom. The SMILES string of the molecule is CN(CCn1ccc2ccccc21)C(=O)CC1C(=O)N(C)C(=O)N1C. The first-order chi connectivity index (χ1) is 11.9. The fourth-order valence-corrected chi connectivity index (χ4v) is 3.12. The molecule has 4 amide bonds. The first kappa shape index (κ1) is 17.0. The topological polar surface area (TPSA) is 65.9 Å². The van der Waals surface area contributed by atoms with Crippen LogP contribution in [0.1, 0.15) is 6.42 Å². The molecule has 132 valence electrons. The molecule has 0 N–H and O–H groups in total. The molecule has 7 nitrogen and oxygen atoms in total. The molecule has 1 aliphatic rings. The maximum Gasteiger partial charge on any atom is 0.326 e. The van der Waals surface area contributed by atoms with Crippen LogP contribution in [0, 0.1) is 0 Å². The van der Waals surface area contributed by atoms with Crippen molar-refractivity contribution in [2.45, 2.75) is 19.0 Å². The molecule has 0 saturated carbocycles. The minimum Gasteiger partial charge on any atom is -0.346 e. The minimum atomic E-state index is -0.708. The average molecular weight is 342 g/mol. The highest BCUT2D eigenvalue weighted by molar-refractivity contribution is 6.05. The van der Waals surface area contributed by atoms with Crippen molar-refractivity contribution in [1.29, 1.82) is 0 Å². The number of urea groups is 1. The van der Waals surface area contributed by atoms with E-state index in [1.165, 1.54) is 11.9 Å². The van der Waals surface area contributed by atoms with Crippen LogP contribution in [0.2, 0.25) is 0 Å². The van der Waals surface area contributed by atoms with Crippen LogP contribution in [-0.4, -0.2) is 70.8 Å². The Kier molecular flexibility index (Phi) is 4.48. The fourth-order valence-electron chi connectivity index (χ4n) is 3.12. The van der Waals surface area contributed by atoms with Gasteiger partial charge >= 0.3 is 6.03 Å². The molecular formula is C18H22N4O3. The van der Waals surface area contributed by atoms with Gasteiger partial charge in [0.1, 0.15) is 6.04 Å². The molecule has 2 aromatic rings. The third-order valence-corrected chi connectivity index (χ3v) is 4.82. The molecule has 1 aromatic heterocycles. The van der Waals surface area contributed by atoms with E-state index in [2.05, 4.69) is 10.6 Å². The summed E-state index contributed by atoms with van der Waals surface area (Å²) >= 11 is 0. The van der Waals surface area contributed by atoms with Gasteiger partial charge in [0.25, 0.3) is 5.91 Å². The van der Waals surface area contributed by atoms with Crippen molar-refractivity contribution in [3.05, 3.63) is 36.5 Å². The molecule has 0 radical (unpaired) electrons. The number of amides is 4. The molecular weight excluding hydrogens is 320 g/mol. The van der Waals surface area contributed by atoms with E-state index in [9.17, 15) is 14.4 Å². The predicted octanol–water partition coefficient (Wildman–Crippen LogP) is 1.38. The molecule has 2 heterocycles. The van der Waals surface area contributed by atoms with Crippen molar-refractivity contribution in [3.8, 4) is 0 Å². The molecule has 25 heavy (non-hydrogen) atoms. The van der Waals surface area contributed by atoms with E-state index >= 15 is 0 Å². The second kappa shape index (κ2) is 6.58. The lowest BCUT2D eigenvalue weighted by molar-refractivity contribution is -0.135. The van der Waals surface area contributed by atoms with E-state index in [1.54, 1.807) is 19.0 Å². The van der Waals surface area contributed by atoms with Crippen LogP contribution >= 0.6 is 0 Å². The van der Waals surface area contributed by atoms with Crippen LogP contribution in [0.25, 0.3) is 10.9 Å². The van der Waals surface area contributed by atoms with E-state index in [0.717, 1.165) is 15.8 Å². The number of hydrogen-bond donors (Lipinski definition) is 0. The number of carbonyl (C=O) groups is 3. The largest absolute Gasteiger partial charge is 0.346 e.